The van der Waals surface area contributed by atoms with E-state index in [-0.39, 0.29) is 0 Å². The molecule has 0 saturated carbocycles. The van der Waals surface area contributed by atoms with E-state index in [9.17, 15) is 8.78 Å². The van der Waals surface area contributed by atoms with Gasteiger partial charge in [-0.1, -0.05) is 25.5 Å². The van der Waals surface area contributed by atoms with Gasteiger partial charge in [-0.15, -0.1) is 0 Å². The van der Waals surface area contributed by atoms with Crippen LogP contribution in [0.15, 0.2) is 18.2 Å². The number of halogens is 2. The molecule has 0 amide bonds. The molecule has 1 rings (SSSR count). The lowest BCUT2D eigenvalue weighted by atomic mass is 10.1. The molecule has 90 valence electrons. The van der Waals surface area contributed by atoms with Gasteiger partial charge in [0.25, 0.3) is 5.92 Å². The summed E-state index contributed by atoms with van der Waals surface area (Å²) in [5.41, 5.74) is 2.13. The van der Waals surface area contributed by atoms with Crippen LogP contribution in [0.4, 0.5) is 8.78 Å². The zero-order chi connectivity index (χ0) is 12.2. The van der Waals surface area contributed by atoms with Crippen molar-refractivity contribution in [2.75, 3.05) is 6.61 Å². The second-order valence-electron chi connectivity index (χ2n) is 4.21. The molecule has 0 N–H and O–H groups in total. The molecule has 0 aliphatic carbocycles. The van der Waals surface area contributed by atoms with Crippen molar-refractivity contribution in [3.63, 3.8) is 0 Å². The number of benzene rings is 1. The first kappa shape index (κ1) is 12.9. The van der Waals surface area contributed by atoms with E-state index in [1.807, 2.05) is 19.1 Å². The Balaban J connectivity index is 2.68. The summed E-state index contributed by atoms with van der Waals surface area (Å²) in [4.78, 5) is 0. The summed E-state index contributed by atoms with van der Waals surface area (Å²) in [6, 6.07) is 5.69. The molecule has 1 aromatic rings. The lowest BCUT2D eigenvalue weighted by Crippen LogP contribution is -2.21. The third-order valence-electron chi connectivity index (χ3n) is 2.26. The van der Waals surface area contributed by atoms with Crippen molar-refractivity contribution in [3.05, 3.63) is 29.3 Å². The SMILES string of the molecule is CCCc1ccc(OCC(C)(F)F)c(C)c1. The van der Waals surface area contributed by atoms with Gasteiger partial charge in [0.05, 0.1) is 0 Å². The molecule has 0 atom stereocenters. The van der Waals surface area contributed by atoms with Gasteiger partial charge in [-0.3, -0.25) is 0 Å². The predicted molar refractivity (Wildman–Crippen MR) is 61.3 cm³/mol. The van der Waals surface area contributed by atoms with Crippen molar-refractivity contribution in [2.24, 2.45) is 0 Å². The second kappa shape index (κ2) is 5.28. The Morgan fingerprint density at radius 3 is 2.50 bits per heavy atom. The maximum atomic E-state index is 12.6. The number of hydrogen-bond acceptors (Lipinski definition) is 1. The van der Waals surface area contributed by atoms with Gasteiger partial charge < -0.3 is 4.74 Å². The highest BCUT2D eigenvalue weighted by molar-refractivity contribution is 5.36. The molecule has 0 aromatic heterocycles. The van der Waals surface area contributed by atoms with E-state index in [0.717, 1.165) is 25.3 Å². The lowest BCUT2D eigenvalue weighted by molar-refractivity contribution is -0.0231. The summed E-state index contributed by atoms with van der Waals surface area (Å²) in [5.74, 6) is -2.24. The Bertz CT molecular complexity index is 342. The summed E-state index contributed by atoms with van der Waals surface area (Å²) in [7, 11) is 0. The Morgan fingerprint density at radius 2 is 2.00 bits per heavy atom. The highest BCUT2D eigenvalue weighted by atomic mass is 19.3. The molecule has 0 bridgehead atoms. The zero-order valence-electron chi connectivity index (χ0n) is 10.0. The molecule has 0 radical (unpaired) electrons. The molecule has 0 unspecified atom stereocenters. The van der Waals surface area contributed by atoms with Crippen molar-refractivity contribution in [1.29, 1.82) is 0 Å². The first-order valence-electron chi connectivity index (χ1n) is 5.52. The standard InChI is InChI=1S/C13H18F2O/c1-4-5-11-6-7-12(10(2)8-11)16-9-13(3,14)15/h6-8H,4-5,9H2,1-3H3. The summed E-state index contributed by atoms with van der Waals surface area (Å²) in [6.07, 6.45) is 2.08. The largest absolute Gasteiger partial charge is 0.487 e. The molecule has 0 saturated heterocycles. The third kappa shape index (κ3) is 4.17. The highest BCUT2D eigenvalue weighted by Gasteiger charge is 2.22. The molecular formula is C13H18F2O. The van der Waals surface area contributed by atoms with E-state index in [4.69, 9.17) is 4.74 Å². The van der Waals surface area contributed by atoms with Gasteiger partial charge in [0.2, 0.25) is 0 Å². The predicted octanol–water partition coefficient (Wildman–Crippen LogP) is 3.98. The van der Waals surface area contributed by atoms with Gasteiger partial charge >= 0.3 is 0 Å². The van der Waals surface area contributed by atoms with E-state index < -0.39 is 12.5 Å². The molecule has 0 aliphatic rings. The molecule has 0 fully saturated rings. The van der Waals surface area contributed by atoms with E-state index in [0.29, 0.717) is 5.75 Å². The van der Waals surface area contributed by atoms with Crippen LogP contribution in [-0.4, -0.2) is 12.5 Å². The van der Waals surface area contributed by atoms with Crippen molar-refractivity contribution in [3.8, 4) is 5.75 Å². The first-order chi connectivity index (χ1) is 7.42. The monoisotopic (exact) mass is 228 g/mol. The lowest BCUT2D eigenvalue weighted by Gasteiger charge is -2.14. The number of ether oxygens (including phenoxy) is 1. The minimum absolute atomic E-state index is 0.543. The summed E-state index contributed by atoms with van der Waals surface area (Å²) in [6.45, 7) is 4.27. The normalized spacial score (nSPS) is 11.6. The average Bonchev–Trinajstić information content (AvgIpc) is 2.15. The third-order valence-corrected chi connectivity index (χ3v) is 2.26. The minimum Gasteiger partial charge on any atom is -0.487 e. The van der Waals surface area contributed by atoms with Gasteiger partial charge in [-0.05, 0) is 30.5 Å². The fourth-order valence-electron chi connectivity index (χ4n) is 1.52. The molecular weight excluding hydrogens is 210 g/mol. The maximum absolute atomic E-state index is 12.6. The van der Waals surface area contributed by atoms with E-state index in [2.05, 4.69) is 6.92 Å². The van der Waals surface area contributed by atoms with Gasteiger partial charge in [0.15, 0.2) is 6.61 Å². The number of aryl methyl sites for hydroxylation is 2. The van der Waals surface area contributed by atoms with Crippen molar-refractivity contribution in [1.82, 2.24) is 0 Å². The molecule has 1 aromatic carbocycles. The molecule has 0 aliphatic heterocycles. The van der Waals surface area contributed by atoms with Crippen LogP contribution in [0.25, 0.3) is 0 Å². The second-order valence-corrected chi connectivity index (χ2v) is 4.21. The summed E-state index contributed by atoms with van der Waals surface area (Å²) >= 11 is 0. The Morgan fingerprint density at radius 1 is 1.31 bits per heavy atom. The van der Waals surface area contributed by atoms with Gasteiger partial charge in [0, 0.05) is 6.92 Å². The molecule has 16 heavy (non-hydrogen) atoms. The van der Waals surface area contributed by atoms with Gasteiger partial charge in [-0.25, -0.2) is 8.78 Å². The fourth-order valence-corrected chi connectivity index (χ4v) is 1.52. The Hall–Kier alpha value is -1.12. The van der Waals surface area contributed by atoms with Crippen LogP contribution in [-0.2, 0) is 6.42 Å². The topological polar surface area (TPSA) is 9.23 Å². The van der Waals surface area contributed by atoms with Crippen LogP contribution >= 0.6 is 0 Å². The molecule has 3 heteroatoms. The summed E-state index contributed by atoms with van der Waals surface area (Å²) in [5, 5.41) is 0. The van der Waals surface area contributed by atoms with E-state index in [1.165, 1.54) is 5.56 Å². The minimum atomic E-state index is -2.78. The fraction of sp³-hybridized carbons (Fsp3) is 0.538. The molecule has 1 nitrogen and oxygen atoms in total. The summed E-state index contributed by atoms with van der Waals surface area (Å²) < 4.78 is 30.3. The van der Waals surface area contributed by atoms with Crippen LogP contribution in [0.3, 0.4) is 0 Å². The van der Waals surface area contributed by atoms with Gasteiger partial charge in [0.1, 0.15) is 5.75 Å². The van der Waals surface area contributed by atoms with Gasteiger partial charge in [-0.2, -0.15) is 0 Å². The van der Waals surface area contributed by atoms with Crippen LogP contribution in [0, 0.1) is 6.92 Å². The van der Waals surface area contributed by atoms with E-state index in [1.54, 1.807) is 6.07 Å². The number of rotatable bonds is 5. The van der Waals surface area contributed by atoms with Crippen LogP contribution in [0.2, 0.25) is 0 Å². The highest BCUT2D eigenvalue weighted by Crippen LogP contribution is 2.22. The van der Waals surface area contributed by atoms with Crippen molar-refractivity contribution in [2.45, 2.75) is 39.5 Å². The van der Waals surface area contributed by atoms with Crippen LogP contribution in [0.1, 0.15) is 31.4 Å². The van der Waals surface area contributed by atoms with Crippen LogP contribution in [0.5, 0.6) is 5.75 Å². The Kier molecular flexibility index (Phi) is 4.27. The van der Waals surface area contributed by atoms with E-state index >= 15 is 0 Å². The molecule has 0 spiro atoms. The zero-order valence-corrected chi connectivity index (χ0v) is 10.0. The first-order valence-corrected chi connectivity index (χ1v) is 5.52. The van der Waals surface area contributed by atoms with Crippen molar-refractivity contribution < 1.29 is 13.5 Å². The van der Waals surface area contributed by atoms with Crippen LogP contribution < -0.4 is 4.74 Å². The average molecular weight is 228 g/mol. The number of alkyl halides is 2. The maximum Gasteiger partial charge on any atom is 0.278 e. The molecule has 0 heterocycles. The smallest absolute Gasteiger partial charge is 0.278 e. The quantitative estimate of drug-likeness (QED) is 0.740. The Labute approximate surface area is 95.4 Å². The van der Waals surface area contributed by atoms with Crippen molar-refractivity contribution >= 4 is 0 Å². The number of hydrogen-bond donors (Lipinski definition) is 0.